The van der Waals surface area contributed by atoms with Gasteiger partial charge in [-0.05, 0) is 49.4 Å². The summed E-state index contributed by atoms with van der Waals surface area (Å²) in [5.41, 5.74) is 2.90. The van der Waals surface area contributed by atoms with Crippen molar-refractivity contribution in [2.24, 2.45) is 5.41 Å². The van der Waals surface area contributed by atoms with Crippen molar-refractivity contribution in [2.75, 3.05) is 6.54 Å². The van der Waals surface area contributed by atoms with Crippen LogP contribution in [0.3, 0.4) is 0 Å². The highest BCUT2D eigenvalue weighted by Gasteiger charge is 2.30. The molecule has 24 heavy (non-hydrogen) atoms. The predicted molar refractivity (Wildman–Crippen MR) is 102 cm³/mol. The van der Waals surface area contributed by atoms with Crippen molar-refractivity contribution in [3.63, 3.8) is 0 Å². The summed E-state index contributed by atoms with van der Waals surface area (Å²) in [4.78, 5) is 15.0. The number of amides is 1. The van der Waals surface area contributed by atoms with Gasteiger partial charge in [0.2, 0.25) is 0 Å². The fourth-order valence-electron chi connectivity index (χ4n) is 2.68. The molecule has 0 aliphatic rings. The third-order valence-electron chi connectivity index (χ3n) is 3.93. The summed E-state index contributed by atoms with van der Waals surface area (Å²) in [5.74, 6) is 0.0945. The molecule has 0 N–H and O–H groups in total. The molecule has 0 saturated heterocycles. The maximum Gasteiger partial charge on any atom is 0.254 e. The monoisotopic (exact) mass is 323 g/mol. The van der Waals surface area contributed by atoms with Gasteiger partial charge in [0.25, 0.3) is 5.91 Å². The van der Waals surface area contributed by atoms with E-state index in [1.165, 1.54) is 5.56 Å². The van der Waals surface area contributed by atoms with E-state index in [2.05, 4.69) is 53.7 Å². The summed E-state index contributed by atoms with van der Waals surface area (Å²) in [6.45, 7) is 13.5. The van der Waals surface area contributed by atoms with Crippen molar-refractivity contribution < 1.29 is 4.79 Å². The second-order valence-corrected chi connectivity index (χ2v) is 8.57. The molecule has 0 fully saturated rings. The minimum atomic E-state index is -0.206. The Balaban J connectivity index is 2.27. The molecule has 0 aliphatic heterocycles. The maximum atomic E-state index is 13.0. The second kappa shape index (κ2) is 6.80. The van der Waals surface area contributed by atoms with Gasteiger partial charge in [-0.1, -0.05) is 63.2 Å². The predicted octanol–water partition coefficient (Wildman–Crippen LogP) is 5.64. The van der Waals surface area contributed by atoms with E-state index in [4.69, 9.17) is 0 Å². The van der Waals surface area contributed by atoms with Gasteiger partial charge in [-0.3, -0.25) is 4.79 Å². The van der Waals surface area contributed by atoms with Crippen LogP contribution in [-0.4, -0.2) is 22.9 Å². The van der Waals surface area contributed by atoms with Crippen LogP contribution in [0, 0.1) is 5.41 Å². The molecule has 0 bridgehead atoms. The minimum absolute atomic E-state index is 0.0624. The molecular weight excluding hydrogens is 294 g/mol. The summed E-state index contributed by atoms with van der Waals surface area (Å²) in [6, 6.07) is 18.2. The quantitative estimate of drug-likeness (QED) is 0.715. The fourth-order valence-corrected chi connectivity index (χ4v) is 2.68. The van der Waals surface area contributed by atoms with Crippen LogP contribution in [0.2, 0.25) is 0 Å². The topological polar surface area (TPSA) is 20.3 Å². The number of rotatable bonds is 3. The number of benzene rings is 2. The molecule has 0 radical (unpaired) electrons. The molecule has 2 rings (SSSR count). The molecular formula is C22H29NO. The zero-order valence-corrected chi connectivity index (χ0v) is 15.8. The van der Waals surface area contributed by atoms with Crippen molar-refractivity contribution in [1.29, 1.82) is 0 Å². The van der Waals surface area contributed by atoms with Crippen LogP contribution in [0.1, 0.15) is 51.9 Å². The average molecular weight is 323 g/mol. The highest BCUT2D eigenvalue weighted by atomic mass is 16.2. The van der Waals surface area contributed by atoms with Crippen molar-refractivity contribution >= 4 is 5.91 Å². The summed E-state index contributed by atoms with van der Waals surface area (Å²) in [7, 11) is 0. The number of hydrogen-bond donors (Lipinski definition) is 0. The summed E-state index contributed by atoms with van der Waals surface area (Å²) in [5, 5.41) is 0. The van der Waals surface area contributed by atoms with Gasteiger partial charge in [0.05, 0.1) is 0 Å². The van der Waals surface area contributed by atoms with Gasteiger partial charge < -0.3 is 4.90 Å². The lowest BCUT2D eigenvalue weighted by atomic mass is 9.92. The lowest BCUT2D eigenvalue weighted by Crippen LogP contribution is -2.49. The van der Waals surface area contributed by atoms with Gasteiger partial charge in [0.15, 0.2) is 0 Å². The van der Waals surface area contributed by atoms with Crippen LogP contribution in [0.15, 0.2) is 54.6 Å². The van der Waals surface area contributed by atoms with Crippen molar-refractivity contribution in [1.82, 2.24) is 4.90 Å². The number of nitrogens with zero attached hydrogens (tertiary/aromatic N) is 1. The van der Waals surface area contributed by atoms with E-state index in [-0.39, 0.29) is 16.9 Å². The maximum absolute atomic E-state index is 13.0. The van der Waals surface area contributed by atoms with E-state index in [1.54, 1.807) is 0 Å². The van der Waals surface area contributed by atoms with Crippen LogP contribution in [0.25, 0.3) is 11.1 Å². The van der Waals surface area contributed by atoms with Gasteiger partial charge in [-0.2, -0.15) is 0 Å². The van der Waals surface area contributed by atoms with E-state index in [0.29, 0.717) is 0 Å². The average Bonchev–Trinajstić information content (AvgIpc) is 2.51. The molecule has 2 heteroatoms. The zero-order chi connectivity index (χ0) is 18.0. The second-order valence-electron chi connectivity index (χ2n) is 8.57. The van der Waals surface area contributed by atoms with E-state index < -0.39 is 0 Å². The van der Waals surface area contributed by atoms with Crippen LogP contribution in [-0.2, 0) is 0 Å². The number of carbonyl (C=O) groups excluding carboxylic acids is 1. The third kappa shape index (κ3) is 4.70. The van der Waals surface area contributed by atoms with Gasteiger partial charge >= 0.3 is 0 Å². The van der Waals surface area contributed by atoms with Gasteiger partial charge in [-0.25, -0.2) is 0 Å². The molecule has 0 unspecified atom stereocenters. The van der Waals surface area contributed by atoms with Crippen LogP contribution < -0.4 is 0 Å². The van der Waals surface area contributed by atoms with Crippen molar-refractivity contribution in [3.05, 3.63) is 60.2 Å². The molecule has 0 aliphatic carbocycles. The van der Waals surface area contributed by atoms with Crippen molar-refractivity contribution in [2.45, 2.75) is 47.1 Å². The lowest BCUT2D eigenvalue weighted by molar-refractivity contribution is 0.0478. The van der Waals surface area contributed by atoms with Gasteiger partial charge in [-0.15, -0.1) is 0 Å². The first-order valence-electron chi connectivity index (χ1n) is 8.55. The molecule has 0 atom stereocenters. The SMILES string of the molecule is CC(C)(C)CN(C(=O)c1ccc(-c2ccccc2)cc1)C(C)(C)C. The Morgan fingerprint density at radius 2 is 1.29 bits per heavy atom. The Morgan fingerprint density at radius 3 is 1.75 bits per heavy atom. The molecule has 2 aromatic carbocycles. The summed E-state index contributed by atoms with van der Waals surface area (Å²) in [6.07, 6.45) is 0. The van der Waals surface area contributed by atoms with E-state index in [0.717, 1.165) is 17.7 Å². The summed E-state index contributed by atoms with van der Waals surface area (Å²) >= 11 is 0. The van der Waals surface area contributed by atoms with E-state index >= 15 is 0 Å². The van der Waals surface area contributed by atoms with Crippen LogP contribution in [0.4, 0.5) is 0 Å². The Bertz CT molecular complexity index is 673. The van der Waals surface area contributed by atoms with Crippen molar-refractivity contribution in [3.8, 4) is 11.1 Å². The Morgan fingerprint density at radius 1 is 0.792 bits per heavy atom. The standard InChI is InChI=1S/C22H29NO/c1-21(2,3)16-23(22(4,5)6)20(24)19-14-12-18(13-15-19)17-10-8-7-9-11-17/h7-15H,16H2,1-6H3. The molecule has 2 aromatic rings. The van der Waals surface area contributed by atoms with Crippen LogP contribution in [0.5, 0.6) is 0 Å². The number of hydrogen-bond acceptors (Lipinski definition) is 1. The Kier molecular flexibility index (Phi) is 5.17. The first kappa shape index (κ1) is 18.3. The zero-order valence-electron chi connectivity index (χ0n) is 15.8. The number of carbonyl (C=O) groups is 1. The first-order valence-corrected chi connectivity index (χ1v) is 8.55. The highest BCUT2D eigenvalue weighted by molar-refractivity contribution is 5.95. The smallest absolute Gasteiger partial charge is 0.254 e. The molecule has 128 valence electrons. The molecule has 0 saturated carbocycles. The van der Waals surface area contributed by atoms with E-state index in [1.807, 2.05) is 47.4 Å². The molecule has 0 aromatic heterocycles. The summed E-state index contributed by atoms with van der Waals surface area (Å²) < 4.78 is 0. The fraction of sp³-hybridized carbons (Fsp3) is 0.409. The molecule has 0 heterocycles. The highest BCUT2D eigenvalue weighted by Crippen LogP contribution is 2.25. The van der Waals surface area contributed by atoms with Gasteiger partial charge in [0.1, 0.15) is 0 Å². The lowest BCUT2D eigenvalue weighted by Gasteiger charge is -2.40. The third-order valence-corrected chi connectivity index (χ3v) is 3.93. The molecule has 2 nitrogen and oxygen atoms in total. The normalized spacial score (nSPS) is 12.1. The Hall–Kier alpha value is -2.09. The van der Waals surface area contributed by atoms with Crippen LogP contribution >= 0.6 is 0 Å². The largest absolute Gasteiger partial charge is 0.333 e. The molecule has 1 amide bonds. The molecule has 0 spiro atoms. The van der Waals surface area contributed by atoms with E-state index in [9.17, 15) is 4.79 Å². The minimum Gasteiger partial charge on any atom is -0.333 e. The van der Waals surface area contributed by atoms with Gasteiger partial charge in [0, 0.05) is 17.6 Å². The first-order chi connectivity index (χ1) is 11.1. The Labute approximate surface area is 146 Å².